The Labute approximate surface area is 188 Å². The molecule has 0 aliphatic carbocycles. The molecule has 174 valence electrons. The molecule has 9 nitrogen and oxygen atoms in total. The molecule has 1 aliphatic heterocycles. The summed E-state index contributed by atoms with van der Waals surface area (Å²) in [7, 11) is -3.55. The number of ether oxygens (including phenoxy) is 1. The minimum atomic E-state index is -3.55. The molecule has 0 atom stereocenters. The summed E-state index contributed by atoms with van der Waals surface area (Å²) in [6.45, 7) is 4.98. The Kier molecular flexibility index (Phi) is 7.92. The van der Waals surface area contributed by atoms with E-state index >= 15 is 0 Å². The summed E-state index contributed by atoms with van der Waals surface area (Å²) in [5, 5.41) is 2.58. The first-order valence-corrected chi connectivity index (χ1v) is 12.2. The van der Waals surface area contributed by atoms with Crippen molar-refractivity contribution in [1.82, 2.24) is 14.5 Å². The van der Waals surface area contributed by atoms with Crippen LogP contribution in [0.3, 0.4) is 0 Å². The smallest absolute Gasteiger partial charge is 0.289 e. The molecule has 2 aromatic rings. The topological polar surface area (TPSA) is 109 Å². The van der Waals surface area contributed by atoms with Crippen molar-refractivity contribution >= 4 is 21.8 Å². The van der Waals surface area contributed by atoms with Gasteiger partial charge in [0.2, 0.25) is 10.0 Å². The van der Waals surface area contributed by atoms with Crippen LogP contribution in [0.25, 0.3) is 0 Å². The molecule has 0 radical (unpaired) electrons. The van der Waals surface area contributed by atoms with Crippen molar-refractivity contribution < 1.29 is 27.2 Å². The Morgan fingerprint density at radius 2 is 1.78 bits per heavy atom. The molecule has 0 spiro atoms. The lowest BCUT2D eigenvalue weighted by Gasteiger charge is -2.33. The zero-order valence-electron chi connectivity index (χ0n) is 18.3. The molecule has 1 aromatic carbocycles. The largest absolute Gasteiger partial charge is 0.484 e. The van der Waals surface area contributed by atoms with Gasteiger partial charge in [-0.05, 0) is 35.7 Å². The third-order valence-corrected chi connectivity index (χ3v) is 7.12. The highest BCUT2D eigenvalue weighted by Gasteiger charge is 2.29. The van der Waals surface area contributed by atoms with E-state index in [1.807, 2.05) is 24.3 Å². The van der Waals surface area contributed by atoms with Gasteiger partial charge in [0.25, 0.3) is 11.8 Å². The minimum Gasteiger partial charge on any atom is -0.484 e. The Morgan fingerprint density at radius 3 is 2.38 bits per heavy atom. The molecule has 10 heteroatoms. The summed E-state index contributed by atoms with van der Waals surface area (Å²) in [4.78, 5) is 25.8. The number of furan rings is 1. The van der Waals surface area contributed by atoms with Crippen LogP contribution in [-0.2, 0) is 14.8 Å². The zero-order valence-corrected chi connectivity index (χ0v) is 19.1. The summed E-state index contributed by atoms with van der Waals surface area (Å²) in [6, 6.07) is 10.7. The molecular formula is C22H29N3O6S. The van der Waals surface area contributed by atoms with E-state index in [9.17, 15) is 18.0 Å². The molecule has 1 fully saturated rings. The van der Waals surface area contributed by atoms with Gasteiger partial charge in [0.1, 0.15) is 5.75 Å². The number of benzene rings is 1. The maximum absolute atomic E-state index is 12.6. The van der Waals surface area contributed by atoms with E-state index in [0.717, 1.165) is 0 Å². The first-order chi connectivity index (χ1) is 15.3. The first-order valence-electron chi connectivity index (χ1n) is 10.6. The molecular weight excluding hydrogens is 434 g/mol. The fraction of sp³-hybridized carbons (Fsp3) is 0.455. The van der Waals surface area contributed by atoms with Crippen molar-refractivity contribution in [3.05, 3.63) is 54.0 Å². The molecule has 0 unspecified atom stereocenters. The van der Waals surface area contributed by atoms with Gasteiger partial charge in [0, 0.05) is 32.7 Å². The van der Waals surface area contributed by atoms with Crippen LogP contribution in [0.4, 0.5) is 0 Å². The van der Waals surface area contributed by atoms with Crippen LogP contribution in [0.5, 0.6) is 5.75 Å². The van der Waals surface area contributed by atoms with Crippen molar-refractivity contribution in [2.24, 2.45) is 0 Å². The molecule has 0 saturated carbocycles. The standard InChI is InChI=1S/C22H29N3O6S/c1-17(2)18-5-7-19(8-6-18)31-16-21(26)23-9-15-32(28,29)25-12-10-24(11-13-25)22(27)20-4-3-14-30-20/h3-8,14,17H,9-13,15-16H2,1-2H3,(H,23,26). The van der Waals surface area contributed by atoms with Gasteiger partial charge >= 0.3 is 0 Å². The van der Waals surface area contributed by atoms with Crippen LogP contribution in [-0.4, -0.2) is 74.5 Å². The number of hydrogen-bond donors (Lipinski definition) is 1. The Morgan fingerprint density at radius 1 is 1.09 bits per heavy atom. The normalized spacial score (nSPS) is 15.0. The molecule has 1 aliphatic rings. The summed E-state index contributed by atoms with van der Waals surface area (Å²) in [5.74, 6) is 0.378. The second-order valence-electron chi connectivity index (χ2n) is 7.85. The predicted molar refractivity (Wildman–Crippen MR) is 119 cm³/mol. The van der Waals surface area contributed by atoms with E-state index in [-0.39, 0.29) is 62.7 Å². The number of piperazine rings is 1. The van der Waals surface area contributed by atoms with Crippen LogP contribution in [0.1, 0.15) is 35.9 Å². The van der Waals surface area contributed by atoms with Crippen LogP contribution in [0.2, 0.25) is 0 Å². The average molecular weight is 464 g/mol. The number of carbonyl (C=O) groups is 2. The van der Waals surface area contributed by atoms with Crippen molar-refractivity contribution in [2.45, 2.75) is 19.8 Å². The van der Waals surface area contributed by atoms with E-state index < -0.39 is 10.0 Å². The fourth-order valence-corrected chi connectivity index (χ4v) is 4.66. The summed E-state index contributed by atoms with van der Waals surface area (Å²) in [5.41, 5.74) is 1.18. The van der Waals surface area contributed by atoms with Gasteiger partial charge in [-0.3, -0.25) is 9.59 Å². The summed E-state index contributed by atoms with van der Waals surface area (Å²) < 4.78 is 37.0. The van der Waals surface area contributed by atoms with Crippen molar-refractivity contribution in [1.29, 1.82) is 0 Å². The van der Waals surface area contributed by atoms with E-state index in [0.29, 0.717) is 11.7 Å². The molecule has 2 heterocycles. The SMILES string of the molecule is CC(C)c1ccc(OCC(=O)NCCS(=O)(=O)N2CCN(C(=O)c3ccco3)CC2)cc1. The van der Waals surface area contributed by atoms with E-state index in [1.165, 1.54) is 16.1 Å². The van der Waals surface area contributed by atoms with E-state index in [2.05, 4.69) is 19.2 Å². The second kappa shape index (κ2) is 10.6. The molecule has 0 bridgehead atoms. The summed E-state index contributed by atoms with van der Waals surface area (Å²) >= 11 is 0. The maximum atomic E-state index is 12.6. The predicted octanol–water partition coefficient (Wildman–Crippen LogP) is 1.69. The van der Waals surface area contributed by atoms with Crippen LogP contribution in [0.15, 0.2) is 47.1 Å². The number of amides is 2. The number of sulfonamides is 1. The first kappa shape index (κ1) is 23.8. The van der Waals surface area contributed by atoms with Gasteiger partial charge in [-0.15, -0.1) is 0 Å². The Balaban J connectivity index is 1.37. The monoisotopic (exact) mass is 463 g/mol. The van der Waals surface area contributed by atoms with Crippen LogP contribution in [0, 0.1) is 0 Å². The fourth-order valence-electron chi connectivity index (χ4n) is 3.32. The number of rotatable bonds is 9. The number of carbonyl (C=O) groups excluding carboxylic acids is 2. The van der Waals surface area contributed by atoms with E-state index in [4.69, 9.17) is 9.15 Å². The zero-order chi connectivity index (χ0) is 23.1. The second-order valence-corrected chi connectivity index (χ2v) is 9.94. The molecule has 3 rings (SSSR count). The van der Waals surface area contributed by atoms with Crippen LogP contribution < -0.4 is 10.1 Å². The van der Waals surface area contributed by atoms with Gasteiger partial charge in [-0.1, -0.05) is 26.0 Å². The van der Waals surface area contributed by atoms with Gasteiger partial charge in [-0.25, -0.2) is 8.42 Å². The minimum absolute atomic E-state index is 0.0116. The Bertz CT molecular complexity index is 995. The molecule has 32 heavy (non-hydrogen) atoms. The third kappa shape index (κ3) is 6.33. The molecule has 2 amide bonds. The van der Waals surface area contributed by atoms with Gasteiger partial charge in [0.15, 0.2) is 12.4 Å². The highest BCUT2D eigenvalue weighted by atomic mass is 32.2. The van der Waals surface area contributed by atoms with E-state index in [1.54, 1.807) is 17.0 Å². The van der Waals surface area contributed by atoms with Gasteiger partial charge in [0.05, 0.1) is 12.0 Å². The van der Waals surface area contributed by atoms with Gasteiger partial charge in [-0.2, -0.15) is 4.31 Å². The van der Waals surface area contributed by atoms with Crippen molar-refractivity contribution in [3.63, 3.8) is 0 Å². The van der Waals surface area contributed by atoms with Crippen molar-refractivity contribution in [2.75, 3.05) is 45.1 Å². The number of hydrogen-bond acceptors (Lipinski definition) is 6. The number of nitrogens with one attached hydrogen (secondary N) is 1. The molecule has 1 saturated heterocycles. The third-order valence-electron chi connectivity index (χ3n) is 5.25. The van der Waals surface area contributed by atoms with Crippen LogP contribution >= 0.6 is 0 Å². The number of nitrogens with zero attached hydrogens (tertiary/aromatic N) is 2. The molecule has 1 N–H and O–H groups in total. The lowest BCUT2D eigenvalue weighted by molar-refractivity contribution is -0.122. The lowest BCUT2D eigenvalue weighted by Crippen LogP contribution is -2.51. The summed E-state index contributed by atoms with van der Waals surface area (Å²) in [6.07, 6.45) is 1.43. The highest BCUT2D eigenvalue weighted by molar-refractivity contribution is 7.89. The van der Waals surface area contributed by atoms with Crippen molar-refractivity contribution in [3.8, 4) is 5.75 Å². The quantitative estimate of drug-likeness (QED) is 0.606. The lowest BCUT2D eigenvalue weighted by atomic mass is 10.0. The molecule has 1 aromatic heterocycles. The highest BCUT2D eigenvalue weighted by Crippen LogP contribution is 2.18. The average Bonchev–Trinajstić information content (AvgIpc) is 3.32. The van der Waals surface area contributed by atoms with Gasteiger partial charge < -0.3 is 19.4 Å². The maximum Gasteiger partial charge on any atom is 0.289 e. The Hall–Kier alpha value is -2.85.